The maximum atomic E-state index is 12.5. The van der Waals surface area contributed by atoms with E-state index in [0.717, 1.165) is 0 Å². The number of hydrogen-bond acceptors (Lipinski definition) is 8. The van der Waals surface area contributed by atoms with Gasteiger partial charge in [0.05, 0.1) is 25.3 Å². The standard InChI is InChI=1S/C28H26O8/c1-4-5-6-26(29)36-25-17-24(35-28(31)20-9-14-23(33-3)15-10-20)16-11-21(25)18-34-27(30)19-7-12-22(32-2)13-8-19/h4,7-17H,1,5-6,18H2,2-3H3. The van der Waals surface area contributed by atoms with Crippen LogP contribution in [0.3, 0.4) is 0 Å². The first-order valence-electron chi connectivity index (χ1n) is 11.1. The Kier molecular flexibility index (Phi) is 9.22. The van der Waals surface area contributed by atoms with E-state index >= 15 is 0 Å². The molecular formula is C28H26O8. The van der Waals surface area contributed by atoms with Gasteiger partial charge in [0, 0.05) is 18.1 Å². The van der Waals surface area contributed by atoms with Crippen molar-refractivity contribution in [3.8, 4) is 23.0 Å². The van der Waals surface area contributed by atoms with Crippen LogP contribution in [0, 0.1) is 0 Å². The molecule has 3 rings (SSSR count). The van der Waals surface area contributed by atoms with E-state index in [0.29, 0.717) is 34.6 Å². The second-order valence-corrected chi connectivity index (χ2v) is 7.49. The molecule has 36 heavy (non-hydrogen) atoms. The molecule has 0 aliphatic rings. The summed E-state index contributed by atoms with van der Waals surface area (Å²) >= 11 is 0. The molecule has 3 aromatic carbocycles. The highest BCUT2D eigenvalue weighted by Crippen LogP contribution is 2.28. The number of methoxy groups -OCH3 is 2. The highest BCUT2D eigenvalue weighted by Gasteiger charge is 2.16. The monoisotopic (exact) mass is 490 g/mol. The number of carbonyl (C=O) groups is 3. The Morgan fingerprint density at radius 2 is 1.31 bits per heavy atom. The summed E-state index contributed by atoms with van der Waals surface area (Å²) in [5.41, 5.74) is 1.08. The van der Waals surface area contributed by atoms with Crippen molar-refractivity contribution in [2.45, 2.75) is 19.4 Å². The quantitative estimate of drug-likeness (QED) is 0.207. The average Bonchev–Trinajstić information content (AvgIpc) is 2.91. The minimum atomic E-state index is -0.597. The van der Waals surface area contributed by atoms with E-state index in [2.05, 4.69) is 6.58 Å². The molecule has 8 nitrogen and oxygen atoms in total. The lowest BCUT2D eigenvalue weighted by molar-refractivity contribution is -0.134. The molecule has 0 saturated heterocycles. The molecule has 0 aliphatic carbocycles. The van der Waals surface area contributed by atoms with Crippen LogP contribution in [-0.2, 0) is 16.1 Å². The van der Waals surface area contributed by atoms with Crippen LogP contribution in [0.1, 0.15) is 39.1 Å². The van der Waals surface area contributed by atoms with Gasteiger partial charge in [-0.15, -0.1) is 6.58 Å². The molecular weight excluding hydrogens is 464 g/mol. The van der Waals surface area contributed by atoms with Crippen molar-refractivity contribution >= 4 is 17.9 Å². The highest BCUT2D eigenvalue weighted by atomic mass is 16.6. The molecule has 0 atom stereocenters. The molecule has 0 bridgehead atoms. The summed E-state index contributed by atoms with van der Waals surface area (Å²) < 4.78 is 26.5. The van der Waals surface area contributed by atoms with Gasteiger partial charge < -0.3 is 23.7 Å². The third-order valence-corrected chi connectivity index (χ3v) is 5.04. The van der Waals surface area contributed by atoms with E-state index in [1.54, 1.807) is 60.7 Å². The molecule has 0 fully saturated rings. The summed E-state index contributed by atoms with van der Waals surface area (Å²) in [4.78, 5) is 37.2. The van der Waals surface area contributed by atoms with Gasteiger partial charge in [0.1, 0.15) is 29.6 Å². The predicted molar refractivity (Wildman–Crippen MR) is 132 cm³/mol. The molecule has 0 aliphatic heterocycles. The Balaban J connectivity index is 1.75. The van der Waals surface area contributed by atoms with Gasteiger partial charge in [-0.3, -0.25) is 4.79 Å². The number of hydrogen-bond donors (Lipinski definition) is 0. The van der Waals surface area contributed by atoms with Crippen molar-refractivity contribution in [1.29, 1.82) is 0 Å². The van der Waals surface area contributed by atoms with Crippen LogP contribution in [0.4, 0.5) is 0 Å². The van der Waals surface area contributed by atoms with Gasteiger partial charge >= 0.3 is 17.9 Å². The summed E-state index contributed by atoms with van der Waals surface area (Å²) in [6.07, 6.45) is 2.16. The van der Waals surface area contributed by atoms with Gasteiger partial charge in [0.2, 0.25) is 0 Å². The number of carbonyl (C=O) groups excluding carboxylic acids is 3. The van der Waals surface area contributed by atoms with Crippen LogP contribution in [0.2, 0.25) is 0 Å². The number of allylic oxidation sites excluding steroid dienone is 1. The Hall–Kier alpha value is -4.59. The molecule has 3 aromatic rings. The van der Waals surface area contributed by atoms with E-state index < -0.39 is 17.9 Å². The number of benzene rings is 3. The smallest absolute Gasteiger partial charge is 0.343 e. The first-order valence-corrected chi connectivity index (χ1v) is 11.1. The van der Waals surface area contributed by atoms with Crippen molar-refractivity contribution in [2.24, 2.45) is 0 Å². The van der Waals surface area contributed by atoms with E-state index in [1.165, 1.54) is 26.4 Å². The molecule has 0 radical (unpaired) electrons. The maximum Gasteiger partial charge on any atom is 0.343 e. The maximum absolute atomic E-state index is 12.5. The lowest BCUT2D eigenvalue weighted by atomic mass is 10.2. The summed E-state index contributed by atoms with van der Waals surface area (Å²) in [5, 5.41) is 0. The van der Waals surface area contributed by atoms with Crippen LogP contribution < -0.4 is 18.9 Å². The molecule has 0 aromatic heterocycles. The van der Waals surface area contributed by atoms with Gasteiger partial charge in [-0.1, -0.05) is 6.08 Å². The van der Waals surface area contributed by atoms with E-state index in [-0.39, 0.29) is 24.5 Å². The fourth-order valence-electron chi connectivity index (χ4n) is 3.05. The molecule has 0 saturated carbocycles. The van der Waals surface area contributed by atoms with Crippen LogP contribution in [0.15, 0.2) is 79.4 Å². The van der Waals surface area contributed by atoms with E-state index in [9.17, 15) is 14.4 Å². The summed E-state index contributed by atoms with van der Waals surface area (Å²) in [6, 6.07) is 17.4. The van der Waals surface area contributed by atoms with Gasteiger partial charge in [-0.2, -0.15) is 0 Å². The minimum absolute atomic E-state index is 0.116. The Bertz CT molecular complexity index is 1210. The SMILES string of the molecule is C=CCCC(=O)Oc1cc(OC(=O)c2ccc(OC)cc2)ccc1COC(=O)c1ccc(OC)cc1. The zero-order valence-corrected chi connectivity index (χ0v) is 20.0. The number of esters is 3. The van der Waals surface area contributed by atoms with Gasteiger partial charge in [0.15, 0.2) is 0 Å². The predicted octanol–water partition coefficient (Wildman–Crippen LogP) is 5.15. The molecule has 8 heteroatoms. The third-order valence-electron chi connectivity index (χ3n) is 5.04. The highest BCUT2D eigenvalue weighted by molar-refractivity contribution is 5.91. The second kappa shape index (κ2) is 12.8. The zero-order valence-electron chi connectivity index (χ0n) is 20.0. The zero-order chi connectivity index (χ0) is 25.9. The minimum Gasteiger partial charge on any atom is -0.497 e. The molecule has 0 heterocycles. The normalized spacial score (nSPS) is 10.2. The van der Waals surface area contributed by atoms with Crippen molar-refractivity contribution in [3.63, 3.8) is 0 Å². The van der Waals surface area contributed by atoms with Crippen LogP contribution in [0.5, 0.6) is 23.0 Å². The van der Waals surface area contributed by atoms with Crippen LogP contribution >= 0.6 is 0 Å². The molecule has 0 spiro atoms. The molecule has 0 amide bonds. The first kappa shape index (κ1) is 26.0. The first-order chi connectivity index (χ1) is 17.4. The summed E-state index contributed by atoms with van der Waals surface area (Å²) in [7, 11) is 3.06. The van der Waals surface area contributed by atoms with Crippen LogP contribution in [0.25, 0.3) is 0 Å². The van der Waals surface area contributed by atoms with Gasteiger partial charge in [-0.25, -0.2) is 9.59 Å². The molecule has 0 unspecified atom stereocenters. The third kappa shape index (κ3) is 7.20. The lowest BCUT2D eigenvalue weighted by Gasteiger charge is -2.13. The van der Waals surface area contributed by atoms with E-state index in [1.807, 2.05) is 0 Å². The average molecular weight is 491 g/mol. The number of rotatable bonds is 11. The van der Waals surface area contributed by atoms with E-state index in [4.69, 9.17) is 23.7 Å². The topological polar surface area (TPSA) is 97.4 Å². The Labute approximate surface area is 209 Å². The molecule has 0 N–H and O–H groups in total. The van der Waals surface area contributed by atoms with Gasteiger partial charge in [0.25, 0.3) is 0 Å². The Morgan fingerprint density at radius 1 is 0.750 bits per heavy atom. The number of ether oxygens (including phenoxy) is 5. The van der Waals surface area contributed by atoms with Crippen molar-refractivity contribution in [3.05, 3.63) is 96.1 Å². The van der Waals surface area contributed by atoms with Crippen molar-refractivity contribution in [2.75, 3.05) is 14.2 Å². The fourth-order valence-corrected chi connectivity index (χ4v) is 3.05. The second-order valence-electron chi connectivity index (χ2n) is 7.49. The van der Waals surface area contributed by atoms with Gasteiger partial charge in [-0.05, 0) is 67.1 Å². The largest absolute Gasteiger partial charge is 0.497 e. The molecule has 186 valence electrons. The van der Waals surface area contributed by atoms with Crippen LogP contribution in [-0.4, -0.2) is 32.1 Å². The lowest BCUT2D eigenvalue weighted by Crippen LogP contribution is -2.12. The Morgan fingerprint density at radius 3 is 1.86 bits per heavy atom. The van der Waals surface area contributed by atoms with Crippen molar-refractivity contribution in [1.82, 2.24) is 0 Å². The summed E-state index contributed by atoms with van der Waals surface area (Å²) in [6.45, 7) is 3.43. The summed E-state index contributed by atoms with van der Waals surface area (Å²) in [5.74, 6) is -0.166. The fraction of sp³-hybridized carbons (Fsp3) is 0.179. The van der Waals surface area contributed by atoms with Crippen molar-refractivity contribution < 1.29 is 38.1 Å².